The summed E-state index contributed by atoms with van der Waals surface area (Å²) in [5, 5.41) is 8.74. The third kappa shape index (κ3) is 3.42. The van der Waals surface area contributed by atoms with Crippen LogP contribution in [-0.2, 0) is 0 Å². The highest BCUT2D eigenvalue weighted by molar-refractivity contribution is 5.96. The molecule has 1 unspecified atom stereocenters. The fourth-order valence-electron chi connectivity index (χ4n) is 4.75. The van der Waals surface area contributed by atoms with Crippen molar-refractivity contribution in [3.63, 3.8) is 0 Å². The lowest BCUT2D eigenvalue weighted by molar-refractivity contribution is 0.0703. The minimum atomic E-state index is 0.102. The van der Waals surface area contributed by atoms with Crippen LogP contribution < -0.4 is 0 Å². The van der Waals surface area contributed by atoms with Crippen LogP contribution in [-0.4, -0.2) is 43.1 Å². The van der Waals surface area contributed by atoms with Crippen molar-refractivity contribution in [3.05, 3.63) is 83.1 Å². The summed E-state index contributed by atoms with van der Waals surface area (Å²) in [6.07, 6.45) is 3.98. The molecule has 1 aliphatic heterocycles. The minimum Gasteiger partial charge on any atom is -0.338 e. The molecule has 3 aromatic heterocycles. The van der Waals surface area contributed by atoms with Crippen molar-refractivity contribution in [3.8, 4) is 5.69 Å². The molecular weight excluding hydrogens is 386 g/mol. The van der Waals surface area contributed by atoms with Crippen LogP contribution in [0.4, 0.5) is 0 Å². The average molecular weight is 414 g/mol. The van der Waals surface area contributed by atoms with Gasteiger partial charge in [0.25, 0.3) is 5.91 Å². The minimum absolute atomic E-state index is 0.102. The van der Waals surface area contributed by atoms with Crippen LogP contribution in [0.25, 0.3) is 11.3 Å². The molecule has 0 spiro atoms. The van der Waals surface area contributed by atoms with Crippen LogP contribution in [0.15, 0.2) is 54.7 Å². The molecule has 1 amide bonds. The van der Waals surface area contributed by atoms with E-state index >= 15 is 0 Å². The molecule has 6 heteroatoms. The first-order valence-electron chi connectivity index (χ1n) is 10.9. The van der Waals surface area contributed by atoms with Gasteiger partial charge in [-0.15, -0.1) is 10.2 Å². The number of aryl methyl sites for hydroxylation is 2. The van der Waals surface area contributed by atoms with E-state index in [4.69, 9.17) is 0 Å². The number of fused-ring (bicyclic) bond motifs is 1. The molecule has 0 saturated carbocycles. The van der Waals surface area contributed by atoms with Gasteiger partial charge in [-0.3, -0.25) is 9.20 Å². The average Bonchev–Trinajstić information content (AvgIpc) is 3.35. The number of carbonyl (C=O) groups excluding carboxylic acids is 1. The Morgan fingerprint density at radius 1 is 1.03 bits per heavy atom. The van der Waals surface area contributed by atoms with Gasteiger partial charge in [-0.1, -0.05) is 23.8 Å². The van der Waals surface area contributed by atoms with Crippen LogP contribution in [0.1, 0.15) is 51.9 Å². The highest BCUT2D eigenvalue weighted by atomic mass is 16.2. The van der Waals surface area contributed by atoms with Crippen LogP contribution >= 0.6 is 0 Å². The van der Waals surface area contributed by atoms with Crippen LogP contribution in [0, 0.1) is 20.8 Å². The maximum atomic E-state index is 13.5. The normalized spacial score (nSPS) is 16.7. The van der Waals surface area contributed by atoms with E-state index in [0.717, 1.165) is 53.5 Å². The molecule has 0 bridgehead atoms. The second-order valence-electron chi connectivity index (χ2n) is 8.53. The Balaban J connectivity index is 1.42. The van der Waals surface area contributed by atoms with E-state index in [9.17, 15) is 4.79 Å². The summed E-state index contributed by atoms with van der Waals surface area (Å²) in [5.74, 6) is 1.24. The first-order chi connectivity index (χ1) is 15.0. The van der Waals surface area contributed by atoms with Gasteiger partial charge >= 0.3 is 0 Å². The molecule has 31 heavy (non-hydrogen) atoms. The Hall–Kier alpha value is -3.41. The van der Waals surface area contributed by atoms with E-state index in [1.54, 1.807) is 0 Å². The summed E-state index contributed by atoms with van der Waals surface area (Å²) in [6.45, 7) is 7.63. The van der Waals surface area contributed by atoms with Crippen LogP contribution in [0.2, 0.25) is 0 Å². The van der Waals surface area contributed by atoms with Crippen LogP contribution in [0.5, 0.6) is 0 Å². The van der Waals surface area contributed by atoms with Gasteiger partial charge in [-0.05, 0) is 63.9 Å². The van der Waals surface area contributed by atoms with Crippen molar-refractivity contribution in [2.75, 3.05) is 13.1 Å². The molecule has 0 N–H and O–H groups in total. The molecule has 1 aromatic carbocycles. The Morgan fingerprint density at radius 2 is 1.84 bits per heavy atom. The number of carbonyl (C=O) groups is 1. The zero-order valence-electron chi connectivity index (χ0n) is 18.2. The summed E-state index contributed by atoms with van der Waals surface area (Å²) < 4.78 is 4.21. The Morgan fingerprint density at radius 3 is 2.65 bits per heavy atom. The molecule has 5 rings (SSSR count). The Bertz CT molecular complexity index is 1250. The Labute approximate surface area is 182 Å². The van der Waals surface area contributed by atoms with Gasteiger partial charge in [-0.2, -0.15) is 0 Å². The fraction of sp³-hybridized carbons (Fsp3) is 0.320. The van der Waals surface area contributed by atoms with Gasteiger partial charge < -0.3 is 9.47 Å². The molecule has 4 heterocycles. The van der Waals surface area contributed by atoms with Gasteiger partial charge in [0.1, 0.15) is 5.82 Å². The quantitative estimate of drug-likeness (QED) is 0.498. The van der Waals surface area contributed by atoms with Crippen molar-refractivity contribution in [2.45, 2.75) is 39.5 Å². The third-order valence-electron chi connectivity index (χ3n) is 6.37. The lowest BCUT2D eigenvalue weighted by Crippen LogP contribution is -2.39. The first kappa shape index (κ1) is 19.5. The van der Waals surface area contributed by atoms with Crippen LogP contribution in [0.3, 0.4) is 0 Å². The zero-order chi connectivity index (χ0) is 21.5. The molecule has 0 radical (unpaired) electrons. The van der Waals surface area contributed by atoms with E-state index in [2.05, 4.69) is 52.9 Å². The maximum absolute atomic E-state index is 13.5. The summed E-state index contributed by atoms with van der Waals surface area (Å²) in [4.78, 5) is 15.5. The van der Waals surface area contributed by atoms with Gasteiger partial charge in [0.2, 0.25) is 0 Å². The molecule has 158 valence electrons. The van der Waals surface area contributed by atoms with Gasteiger partial charge in [0.15, 0.2) is 5.65 Å². The number of aromatic nitrogens is 4. The van der Waals surface area contributed by atoms with Crippen molar-refractivity contribution >= 4 is 11.6 Å². The lowest BCUT2D eigenvalue weighted by Gasteiger charge is -2.32. The predicted molar refractivity (Wildman–Crippen MR) is 121 cm³/mol. The molecule has 1 aliphatic rings. The van der Waals surface area contributed by atoms with Gasteiger partial charge in [0, 0.05) is 42.3 Å². The zero-order valence-corrected chi connectivity index (χ0v) is 18.2. The van der Waals surface area contributed by atoms with E-state index < -0.39 is 0 Å². The summed E-state index contributed by atoms with van der Waals surface area (Å²) in [7, 11) is 0. The number of benzene rings is 1. The third-order valence-corrected chi connectivity index (χ3v) is 6.37. The highest BCUT2D eigenvalue weighted by Gasteiger charge is 2.30. The summed E-state index contributed by atoms with van der Waals surface area (Å²) >= 11 is 0. The lowest BCUT2D eigenvalue weighted by atomic mass is 9.96. The van der Waals surface area contributed by atoms with E-state index in [0.29, 0.717) is 6.54 Å². The Kier molecular flexibility index (Phi) is 4.85. The first-order valence-corrected chi connectivity index (χ1v) is 10.9. The SMILES string of the molecule is Cc1ccc(-n2c(C)cc(C(=O)N3CCCC(c4nnc5ccccn45)C3)c2C)cc1. The fourth-order valence-corrected chi connectivity index (χ4v) is 4.75. The summed E-state index contributed by atoms with van der Waals surface area (Å²) in [5.41, 5.74) is 6.00. The van der Waals surface area contributed by atoms with Crippen molar-refractivity contribution < 1.29 is 4.79 Å². The molecule has 4 aromatic rings. The maximum Gasteiger partial charge on any atom is 0.255 e. The van der Waals surface area contributed by atoms with Gasteiger partial charge in [-0.25, -0.2) is 0 Å². The molecule has 1 fully saturated rings. The predicted octanol–water partition coefficient (Wildman–Crippen LogP) is 4.47. The number of rotatable bonds is 3. The number of likely N-dealkylation sites (tertiary alicyclic amines) is 1. The van der Waals surface area contributed by atoms with Gasteiger partial charge in [0.05, 0.1) is 5.56 Å². The largest absolute Gasteiger partial charge is 0.338 e. The van der Waals surface area contributed by atoms with E-state index in [1.807, 2.05) is 46.7 Å². The standard InChI is InChI=1S/C25H27N5O/c1-17-9-11-21(12-10-17)30-18(2)15-22(19(30)3)25(31)28-13-6-7-20(16-28)24-27-26-23-8-4-5-14-29(23)24/h4-5,8-12,14-15,20H,6-7,13,16H2,1-3H3. The number of pyridine rings is 1. The number of piperidine rings is 1. The monoisotopic (exact) mass is 413 g/mol. The molecule has 1 atom stereocenters. The number of nitrogens with zero attached hydrogens (tertiary/aromatic N) is 5. The van der Waals surface area contributed by atoms with E-state index in [1.165, 1.54) is 5.56 Å². The molecule has 0 aliphatic carbocycles. The smallest absolute Gasteiger partial charge is 0.255 e. The number of amides is 1. The van der Waals surface area contributed by atoms with Crippen molar-refractivity contribution in [2.24, 2.45) is 0 Å². The van der Waals surface area contributed by atoms with Crippen molar-refractivity contribution in [1.82, 2.24) is 24.1 Å². The summed E-state index contributed by atoms with van der Waals surface area (Å²) in [6, 6.07) is 16.4. The number of hydrogen-bond acceptors (Lipinski definition) is 3. The van der Waals surface area contributed by atoms with E-state index in [-0.39, 0.29) is 11.8 Å². The molecule has 1 saturated heterocycles. The number of hydrogen-bond donors (Lipinski definition) is 0. The highest BCUT2D eigenvalue weighted by Crippen LogP contribution is 2.29. The molecular formula is C25H27N5O. The second kappa shape index (κ2) is 7.69. The topological polar surface area (TPSA) is 55.4 Å². The molecule has 6 nitrogen and oxygen atoms in total. The van der Waals surface area contributed by atoms with Crippen molar-refractivity contribution in [1.29, 1.82) is 0 Å². The second-order valence-corrected chi connectivity index (χ2v) is 8.53.